The van der Waals surface area contributed by atoms with Gasteiger partial charge in [-0.1, -0.05) is 12.1 Å². The Balaban J connectivity index is 1.82. The first-order chi connectivity index (χ1) is 9.70. The summed E-state index contributed by atoms with van der Waals surface area (Å²) >= 11 is 0. The molecule has 1 saturated heterocycles. The number of para-hydroxylation sites is 1. The zero-order chi connectivity index (χ0) is 14.4. The predicted octanol–water partition coefficient (Wildman–Crippen LogP) is 1.62. The maximum atomic E-state index is 13.5. The number of rotatable bonds is 4. The van der Waals surface area contributed by atoms with E-state index in [2.05, 4.69) is 10.2 Å². The Labute approximate surface area is 118 Å². The lowest BCUT2D eigenvalue weighted by molar-refractivity contribution is 0.109. The van der Waals surface area contributed by atoms with Crippen LogP contribution >= 0.6 is 0 Å². The minimum Gasteiger partial charge on any atom is -0.383 e. The van der Waals surface area contributed by atoms with E-state index in [1.165, 1.54) is 6.07 Å². The SMILES string of the molecule is COCCN1CCN(C(=O)Nc2ccccc2F)CC1. The third-order valence-corrected chi connectivity index (χ3v) is 3.39. The summed E-state index contributed by atoms with van der Waals surface area (Å²) in [5.41, 5.74) is 0.222. The first kappa shape index (κ1) is 14.7. The minimum atomic E-state index is -0.417. The number of anilines is 1. The van der Waals surface area contributed by atoms with E-state index >= 15 is 0 Å². The third kappa shape index (κ3) is 3.91. The van der Waals surface area contributed by atoms with Gasteiger partial charge in [0.2, 0.25) is 0 Å². The molecule has 2 rings (SSSR count). The zero-order valence-corrected chi connectivity index (χ0v) is 11.6. The Morgan fingerprint density at radius 1 is 1.30 bits per heavy atom. The molecule has 0 bridgehead atoms. The maximum absolute atomic E-state index is 13.5. The molecule has 0 aromatic heterocycles. The minimum absolute atomic E-state index is 0.222. The van der Waals surface area contributed by atoms with E-state index in [1.54, 1.807) is 30.2 Å². The molecule has 0 radical (unpaired) electrons. The number of hydrogen-bond donors (Lipinski definition) is 1. The van der Waals surface area contributed by atoms with E-state index < -0.39 is 5.82 Å². The summed E-state index contributed by atoms with van der Waals surface area (Å²) in [4.78, 5) is 16.0. The van der Waals surface area contributed by atoms with Gasteiger partial charge in [0.1, 0.15) is 5.82 Å². The van der Waals surface area contributed by atoms with Crippen molar-refractivity contribution in [2.75, 3.05) is 51.8 Å². The lowest BCUT2D eigenvalue weighted by Crippen LogP contribution is -2.50. The molecular formula is C14H20FN3O2. The van der Waals surface area contributed by atoms with E-state index in [9.17, 15) is 9.18 Å². The molecule has 1 aliphatic rings. The van der Waals surface area contributed by atoms with Crippen molar-refractivity contribution in [3.8, 4) is 0 Å². The molecule has 0 atom stereocenters. The van der Waals surface area contributed by atoms with Crippen LogP contribution in [0.5, 0.6) is 0 Å². The summed E-state index contributed by atoms with van der Waals surface area (Å²) < 4.78 is 18.5. The molecule has 110 valence electrons. The highest BCUT2D eigenvalue weighted by atomic mass is 19.1. The van der Waals surface area contributed by atoms with Crippen LogP contribution in [0.25, 0.3) is 0 Å². The van der Waals surface area contributed by atoms with Crippen LogP contribution in [0.2, 0.25) is 0 Å². The van der Waals surface area contributed by atoms with Crippen LogP contribution in [0.3, 0.4) is 0 Å². The van der Waals surface area contributed by atoms with E-state index in [0.717, 1.165) is 19.6 Å². The summed E-state index contributed by atoms with van der Waals surface area (Å²) in [6.07, 6.45) is 0. The van der Waals surface area contributed by atoms with Crippen LogP contribution < -0.4 is 5.32 Å². The van der Waals surface area contributed by atoms with Crippen molar-refractivity contribution in [1.82, 2.24) is 9.80 Å². The smallest absolute Gasteiger partial charge is 0.322 e. The van der Waals surface area contributed by atoms with Crippen LogP contribution in [0.1, 0.15) is 0 Å². The number of carbonyl (C=O) groups is 1. The van der Waals surface area contributed by atoms with Gasteiger partial charge >= 0.3 is 6.03 Å². The molecule has 1 fully saturated rings. The third-order valence-electron chi connectivity index (χ3n) is 3.39. The van der Waals surface area contributed by atoms with Crippen molar-refractivity contribution in [1.29, 1.82) is 0 Å². The van der Waals surface area contributed by atoms with Gasteiger partial charge in [0.15, 0.2) is 0 Å². The van der Waals surface area contributed by atoms with Gasteiger partial charge in [-0.15, -0.1) is 0 Å². The van der Waals surface area contributed by atoms with Gasteiger partial charge in [-0.3, -0.25) is 4.90 Å². The van der Waals surface area contributed by atoms with Crippen molar-refractivity contribution >= 4 is 11.7 Å². The number of amides is 2. The molecule has 1 aliphatic heterocycles. The van der Waals surface area contributed by atoms with E-state index in [1.807, 2.05) is 0 Å². The topological polar surface area (TPSA) is 44.8 Å². The fraction of sp³-hybridized carbons (Fsp3) is 0.500. The molecule has 0 aliphatic carbocycles. The monoisotopic (exact) mass is 281 g/mol. The number of nitrogens with one attached hydrogen (secondary N) is 1. The maximum Gasteiger partial charge on any atom is 0.322 e. The predicted molar refractivity (Wildman–Crippen MR) is 75.3 cm³/mol. The van der Waals surface area contributed by atoms with Crippen LogP contribution in [0, 0.1) is 5.82 Å². The highest BCUT2D eigenvalue weighted by molar-refractivity contribution is 5.89. The van der Waals surface area contributed by atoms with Crippen molar-refractivity contribution < 1.29 is 13.9 Å². The molecule has 1 aromatic carbocycles. The highest BCUT2D eigenvalue weighted by Crippen LogP contribution is 2.13. The second kappa shape index (κ2) is 7.21. The summed E-state index contributed by atoms with van der Waals surface area (Å²) in [5, 5.41) is 2.61. The number of piperazine rings is 1. The average Bonchev–Trinajstić information content (AvgIpc) is 2.48. The highest BCUT2D eigenvalue weighted by Gasteiger charge is 2.21. The molecule has 6 heteroatoms. The van der Waals surface area contributed by atoms with E-state index in [-0.39, 0.29) is 11.7 Å². The number of carbonyl (C=O) groups excluding carboxylic acids is 1. The Morgan fingerprint density at radius 3 is 2.65 bits per heavy atom. The van der Waals surface area contributed by atoms with Crippen molar-refractivity contribution in [2.45, 2.75) is 0 Å². The second-order valence-corrected chi connectivity index (χ2v) is 4.73. The zero-order valence-electron chi connectivity index (χ0n) is 11.6. The molecule has 0 spiro atoms. The lowest BCUT2D eigenvalue weighted by atomic mass is 10.3. The molecule has 20 heavy (non-hydrogen) atoms. The van der Waals surface area contributed by atoms with Crippen molar-refractivity contribution in [2.24, 2.45) is 0 Å². The van der Waals surface area contributed by atoms with Crippen LogP contribution in [0.15, 0.2) is 24.3 Å². The number of benzene rings is 1. The average molecular weight is 281 g/mol. The summed E-state index contributed by atoms with van der Waals surface area (Å²) in [6, 6.07) is 5.93. The quantitative estimate of drug-likeness (QED) is 0.912. The Morgan fingerprint density at radius 2 is 2.00 bits per heavy atom. The van der Waals surface area contributed by atoms with Gasteiger partial charge in [-0.05, 0) is 12.1 Å². The van der Waals surface area contributed by atoms with Crippen LogP contribution in [-0.2, 0) is 4.74 Å². The number of methoxy groups -OCH3 is 1. The Hall–Kier alpha value is -1.66. The Kier molecular flexibility index (Phi) is 5.31. The molecule has 1 aromatic rings. The second-order valence-electron chi connectivity index (χ2n) is 4.73. The van der Waals surface area contributed by atoms with Gasteiger partial charge in [0.25, 0.3) is 0 Å². The van der Waals surface area contributed by atoms with E-state index in [4.69, 9.17) is 4.74 Å². The van der Waals surface area contributed by atoms with Crippen molar-refractivity contribution in [3.63, 3.8) is 0 Å². The summed E-state index contributed by atoms with van der Waals surface area (Å²) in [7, 11) is 1.68. The van der Waals surface area contributed by atoms with Gasteiger partial charge in [0.05, 0.1) is 12.3 Å². The Bertz CT molecular complexity index is 448. The van der Waals surface area contributed by atoms with Gasteiger partial charge < -0.3 is 15.0 Å². The van der Waals surface area contributed by atoms with E-state index in [0.29, 0.717) is 19.7 Å². The number of nitrogens with zero attached hydrogens (tertiary/aromatic N) is 2. The first-order valence-electron chi connectivity index (χ1n) is 6.72. The largest absolute Gasteiger partial charge is 0.383 e. The van der Waals surface area contributed by atoms with Gasteiger partial charge in [-0.25, -0.2) is 9.18 Å². The van der Waals surface area contributed by atoms with Gasteiger partial charge in [0, 0.05) is 39.8 Å². The molecule has 1 heterocycles. The molecule has 2 amide bonds. The number of ether oxygens (including phenoxy) is 1. The fourth-order valence-corrected chi connectivity index (χ4v) is 2.15. The normalized spacial score (nSPS) is 16.2. The molecule has 1 N–H and O–H groups in total. The van der Waals surface area contributed by atoms with Crippen LogP contribution in [-0.4, -0.2) is 62.3 Å². The number of hydrogen-bond acceptors (Lipinski definition) is 3. The van der Waals surface area contributed by atoms with Gasteiger partial charge in [-0.2, -0.15) is 0 Å². The fourth-order valence-electron chi connectivity index (χ4n) is 2.15. The molecule has 5 nitrogen and oxygen atoms in total. The lowest BCUT2D eigenvalue weighted by Gasteiger charge is -2.34. The first-order valence-corrected chi connectivity index (χ1v) is 6.72. The molecule has 0 saturated carbocycles. The number of urea groups is 1. The van der Waals surface area contributed by atoms with Crippen molar-refractivity contribution in [3.05, 3.63) is 30.1 Å². The molecular weight excluding hydrogens is 261 g/mol. The standard InChI is InChI=1S/C14H20FN3O2/c1-20-11-10-17-6-8-18(9-7-17)14(19)16-13-5-3-2-4-12(13)15/h2-5H,6-11H2,1H3,(H,16,19). The molecule has 0 unspecified atom stereocenters. The van der Waals surface area contributed by atoms with Crippen LogP contribution in [0.4, 0.5) is 14.9 Å². The summed E-state index contributed by atoms with van der Waals surface area (Å²) in [6.45, 7) is 4.48. The summed E-state index contributed by atoms with van der Waals surface area (Å²) in [5.74, 6) is -0.417. The number of halogens is 1.